The molecule has 88 valence electrons. The number of carbonyl (C=O) groups is 1. The summed E-state index contributed by atoms with van der Waals surface area (Å²) < 4.78 is 5.47. The standard InChI is InChI=1S/C10H15N3O3/c1-7-4-13(5-9(6-14)16-7)10(15)8-2-11-12-3-8/h2-3,7,9,14H,4-6H2,1H3,(H,11,12). The molecule has 2 rings (SSSR count). The van der Waals surface area contributed by atoms with Gasteiger partial charge >= 0.3 is 0 Å². The number of hydrogen-bond acceptors (Lipinski definition) is 4. The van der Waals surface area contributed by atoms with Crippen LogP contribution in [-0.2, 0) is 4.74 Å². The SMILES string of the molecule is CC1CN(C(=O)c2cn[nH]c2)CC(CO)O1. The Labute approximate surface area is 93.2 Å². The smallest absolute Gasteiger partial charge is 0.257 e. The van der Waals surface area contributed by atoms with Gasteiger partial charge in [-0.15, -0.1) is 0 Å². The Hall–Kier alpha value is -1.40. The Balaban J connectivity index is 2.06. The molecule has 2 heterocycles. The zero-order valence-corrected chi connectivity index (χ0v) is 9.09. The van der Waals surface area contributed by atoms with Crippen molar-refractivity contribution in [1.82, 2.24) is 15.1 Å². The fourth-order valence-electron chi connectivity index (χ4n) is 1.86. The monoisotopic (exact) mass is 225 g/mol. The van der Waals surface area contributed by atoms with Crippen LogP contribution in [0.2, 0.25) is 0 Å². The number of nitrogens with zero attached hydrogens (tertiary/aromatic N) is 2. The van der Waals surface area contributed by atoms with Gasteiger partial charge in [0.2, 0.25) is 0 Å². The van der Waals surface area contributed by atoms with Gasteiger partial charge in [-0.1, -0.05) is 0 Å². The number of nitrogens with one attached hydrogen (secondary N) is 1. The number of aliphatic hydroxyl groups excluding tert-OH is 1. The molecule has 2 atom stereocenters. The Morgan fingerprint density at radius 2 is 2.56 bits per heavy atom. The molecule has 1 amide bonds. The highest BCUT2D eigenvalue weighted by molar-refractivity contribution is 5.93. The first-order chi connectivity index (χ1) is 7.70. The van der Waals surface area contributed by atoms with E-state index >= 15 is 0 Å². The first kappa shape index (κ1) is 11.1. The number of hydrogen-bond donors (Lipinski definition) is 2. The molecule has 2 unspecified atom stereocenters. The molecule has 0 radical (unpaired) electrons. The summed E-state index contributed by atoms with van der Waals surface area (Å²) in [6, 6.07) is 0. The third kappa shape index (κ3) is 2.23. The number of aromatic amines is 1. The summed E-state index contributed by atoms with van der Waals surface area (Å²) in [6.45, 7) is 2.78. The Bertz CT molecular complexity index is 352. The highest BCUT2D eigenvalue weighted by atomic mass is 16.5. The van der Waals surface area contributed by atoms with Crippen molar-refractivity contribution in [2.45, 2.75) is 19.1 Å². The lowest BCUT2D eigenvalue weighted by atomic mass is 10.2. The van der Waals surface area contributed by atoms with Crippen LogP contribution < -0.4 is 0 Å². The topological polar surface area (TPSA) is 78.5 Å². The van der Waals surface area contributed by atoms with Gasteiger partial charge in [0.25, 0.3) is 5.91 Å². The molecule has 1 saturated heterocycles. The molecule has 0 bridgehead atoms. The van der Waals surface area contributed by atoms with Crippen molar-refractivity contribution < 1.29 is 14.6 Å². The van der Waals surface area contributed by atoms with Crippen LogP contribution in [0.15, 0.2) is 12.4 Å². The summed E-state index contributed by atoms with van der Waals surface area (Å²) in [6.07, 6.45) is 2.72. The van der Waals surface area contributed by atoms with Crippen molar-refractivity contribution in [3.8, 4) is 0 Å². The maximum absolute atomic E-state index is 12.0. The second-order valence-electron chi connectivity index (χ2n) is 3.95. The number of amides is 1. The first-order valence-electron chi connectivity index (χ1n) is 5.25. The van der Waals surface area contributed by atoms with Crippen LogP contribution in [-0.4, -0.2) is 58.0 Å². The molecule has 1 aromatic heterocycles. The van der Waals surface area contributed by atoms with Crippen LogP contribution in [0.25, 0.3) is 0 Å². The van der Waals surface area contributed by atoms with Gasteiger partial charge in [0.15, 0.2) is 0 Å². The van der Waals surface area contributed by atoms with Crippen LogP contribution >= 0.6 is 0 Å². The number of aromatic nitrogens is 2. The number of aliphatic hydroxyl groups is 1. The van der Waals surface area contributed by atoms with Crippen LogP contribution in [0, 0.1) is 0 Å². The highest BCUT2D eigenvalue weighted by Gasteiger charge is 2.28. The normalized spacial score (nSPS) is 25.8. The lowest BCUT2D eigenvalue weighted by Gasteiger charge is -2.35. The van der Waals surface area contributed by atoms with Crippen LogP contribution in [0.1, 0.15) is 17.3 Å². The number of H-pyrrole nitrogens is 1. The molecular formula is C10H15N3O3. The van der Waals surface area contributed by atoms with Crippen LogP contribution in [0.4, 0.5) is 0 Å². The molecule has 2 N–H and O–H groups in total. The van der Waals surface area contributed by atoms with E-state index in [0.29, 0.717) is 18.7 Å². The predicted octanol–water partition coefficient (Wildman–Crippen LogP) is -0.369. The largest absolute Gasteiger partial charge is 0.394 e. The molecule has 6 heteroatoms. The van der Waals surface area contributed by atoms with Crippen LogP contribution in [0.5, 0.6) is 0 Å². The number of ether oxygens (including phenoxy) is 1. The van der Waals surface area contributed by atoms with E-state index < -0.39 is 0 Å². The van der Waals surface area contributed by atoms with E-state index in [4.69, 9.17) is 9.84 Å². The van der Waals surface area contributed by atoms with E-state index in [-0.39, 0.29) is 24.7 Å². The maximum Gasteiger partial charge on any atom is 0.257 e. The molecule has 1 aliphatic heterocycles. The number of morpholine rings is 1. The average molecular weight is 225 g/mol. The van der Waals surface area contributed by atoms with Gasteiger partial charge in [-0.25, -0.2) is 0 Å². The van der Waals surface area contributed by atoms with E-state index in [2.05, 4.69) is 10.2 Å². The van der Waals surface area contributed by atoms with Gasteiger partial charge in [-0.3, -0.25) is 9.89 Å². The Kier molecular flexibility index (Phi) is 3.21. The van der Waals surface area contributed by atoms with Crippen molar-refractivity contribution in [3.63, 3.8) is 0 Å². The van der Waals surface area contributed by atoms with Crippen molar-refractivity contribution in [2.24, 2.45) is 0 Å². The molecule has 0 saturated carbocycles. The summed E-state index contributed by atoms with van der Waals surface area (Å²) in [5.74, 6) is -0.0812. The maximum atomic E-state index is 12.0. The van der Waals surface area contributed by atoms with E-state index in [1.807, 2.05) is 6.92 Å². The van der Waals surface area contributed by atoms with Crippen molar-refractivity contribution in [1.29, 1.82) is 0 Å². The second-order valence-corrected chi connectivity index (χ2v) is 3.95. The Morgan fingerprint density at radius 1 is 1.75 bits per heavy atom. The first-order valence-corrected chi connectivity index (χ1v) is 5.25. The zero-order valence-electron chi connectivity index (χ0n) is 9.09. The third-order valence-electron chi connectivity index (χ3n) is 2.56. The molecule has 6 nitrogen and oxygen atoms in total. The highest BCUT2D eigenvalue weighted by Crippen LogP contribution is 2.13. The quantitative estimate of drug-likeness (QED) is 0.720. The van der Waals surface area contributed by atoms with Gasteiger partial charge < -0.3 is 14.7 Å². The minimum absolute atomic E-state index is 0.0539. The van der Waals surface area contributed by atoms with Crippen molar-refractivity contribution in [2.75, 3.05) is 19.7 Å². The van der Waals surface area contributed by atoms with E-state index in [9.17, 15) is 4.79 Å². The summed E-state index contributed by atoms with van der Waals surface area (Å²) >= 11 is 0. The third-order valence-corrected chi connectivity index (χ3v) is 2.56. The number of rotatable bonds is 2. The molecule has 1 aliphatic rings. The van der Waals surface area contributed by atoms with Gasteiger partial charge in [-0.2, -0.15) is 5.10 Å². The molecule has 1 fully saturated rings. The fraction of sp³-hybridized carbons (Fsp3) is 0.600. The molecule has 1 aromatic rings. The number of carbonyl (C=O) groups excluding carboxylic acids is 1. The molecule has 0 aliphatic carbocycles. The summed E-state index contributed by atoms with van der Waals surface area (Å²) in [7, 11) is 0. The van der Waals surface area contributed by atoms with Gasteiger partial charge in [0.1, 0.15) is 0 Å². The van der Waals surface area contributed by atoms with E-state index in [0.717, 1.165) is 0 Å². The minimum atomic E-state index is -0.292. The Morgan fingerprint density at radius 3 is 3.19 bits per heavy atom. The zero-order chi connectivity index (χ0) is 11.5. The molecular weight excluding hydrogens is 210 g/mol. The van der Waals surface area contributed by atoms with E-state index in [1.165, 1.54) is 6.20 Å². The lowest BCUT2D eigenvalue weighted by molar-refractivity contribution is -0.0858. The molecule has 16 heavy (non-hydrogen) atoms. The summed E-state index contributed by atoms with van der Waals surface area (Å²) in [4.78, 5) is 13.7. The van der Waals surface area contributed by atoms with Crippen LogP contribution in [0.3, 0.4) is 0 Å². The lowest BCUT2D eigenvalue weighted by Crippen LogP contribution is -2.50. The van der Waals surface area contributed by atoms with Gasteiger partial charge in [0, 0.05) is 19.3 Å². The van der Waals surface area contributed by atoms with Gasteiger partial charge in [-0.05, 0) is 6.92 Å². The minimum Gasteiger partial charge on any atom is -0.394 e. The van der Waals surface area contributed by atoms with Crippen molar-refractivity contribution in [3.05, 3.63) is 18.0 Å². The molecule has 0 aromatic carbocycles. The predicted molar refractivity (Wildman–Crippen MR) is 55.9 cm³/mol. The van der Waals surface area contributed by atoms with Crippen molar-refractivity contribution >= 4 is 5.91 Å². The summed E-state index contributed by atoms with van der Waals surface area (Å²) in [5, 5.41) is 15.4. The average Bonchev–Trinajstić information content (AvgIpc) is 2.80. The molecule has 0 spiro atoms. The summed E-state index contributed by atoms with van der Waals surface area (Å²) in [5.41, 5.74) is 0.533. The van der Waals surface area contributed by atoms with Gasteiger partial charge in [0.05, 0.1) is 30.6 Å². The van der Waals surface area contributed by atoms with E-state index in [1.54, 1.807) is 11.1 Å². The second kappa shape index (κ2) is 4.63. The fourth-order valence-corrected chi connectivity index (χ4v) is 1.86.